The van der Waals surface area contributed by atoms with E-state index in [0.29, 0.717) is 0 Å². The number of nitrogens with one attached hydrogen (secondary N) is 1. The molecule has 106 valence electrons. The first-order valence-electron chi connectivity index (χ1n) is 6.52. The Balaban J connectivity index is 2.21. The van der Waals surface area contributed by atoms with Crippen LogP contribution in [0.15, 0.2) is 18.2 Å². The van der Waals surface area contributed by atoms with Crippen LogP contribution in [0.5, 0.6) is 5.75 Å². The quantitative estimate of drug-likeness (QED) is 0.922. The van der Waals surface area contributed by atoms with Crippen molar-refractivity contribution in [2.45, 2.75) is 37.5 Å². The number of sulfone groups is 1. The molecule has 1 saturated carbocycles. The smallest absolute Gasteiger partial charge is 0.152 e. The summed E-state index contributed by atoms with van der Waals surface area (Å²) in [6.07, 6.45) is 3.90. The van der Waals surface area contributed by atoms with E-state index in [4.69, 9.17) is 4.74 Å². The van der Waals surface area contributed by atoms with E-state index in [1.165, 1.54) is 6.26 Å². The standard InChI is InChI=1S/C14H21NO3S/c1-10-7-8-11(13(9-10)18-2)15-12-5-4-6-14(12)19(3,16)17/h7-9,12,14-15H,4-6H2,1-3H3. The van der Waals surface area contributed by atoms with Crippen molar-refractivity contribution in [3.63, 3.8) is 0 Å². The predicted octanol–water partition coefficient (Wildman–Crippen LogP) is 2.38. The van der Waals surface area contributed by atoms with Crippen LogP contribution in [-0.2, 0) is 9.84 Å². The molecule has 1 aromatic rings. The number of ether oxygens (including phenoxy) is 1. The molecule has 1 fully saturated rings. The summed E-state index contributed by atoms with van der Waals surface area (Å²) in [6, 6.07) is 5.87. The lowest BCUT2D eigenvalue weighted by molar-refractivity contribution is 0.415. The summed E-state index contributed by atoms with van der Waals surface area (Å²) in [4.78, 5) is 0. The van der Waals surface area contributed by atoms with Crippen molar-refractivity contribution in [3.8, 4) is 5.75 Å². The van der Waals surface area contributed by atoms with E-state index in [9.17, 15) is 8.42 Å². The zero-order chi connectivity index (χ0) is 14.0. The number of anilines is 1. The number of methoxy groups -OCH3 is 1. The third-order valence-corrected chi connectivity index (χ3v) is 5.36. The first-order chi connectivity index (χ1) is 8.91. The Hall–Kier alpha value is -1.23. The van der Waals surface area contributed by atoms with Crippen molar-refractivity contribution in [1.82, 2.24) is 0 Å². The molecule has 2 atom stereocenters. The zero-order valence-corrected chi connectivity index (χ0v) is 12.5. The van der Waals surface area contributed by atoms with Crippen LogP contribution < -0.4 is 10.1 Å². The fourth-order valence-electron chi connectivity index (χ4n) is 2.72. The van der Waals surface area contributed by atoms with Gasteiger partial charge in [0.05, 0.1) is 18.0 Å². The Labute approximate surface area is 115 Å². The number of aryl methyl sites for hydroxylation is 1. The second-order valence-electron chi connectivity index (χ2n) is 5.25. The molecule has 0 radical (unpaired) electrons. The number of hydrogen-bond donors (Lipinski definition) is 1. The molecule has 1 aliphatic rings. The van der Waals surface area contributed by atoms with Crippen molar-refractivity contribution in [1.29, 1.82) is 0 Å². The molecule has 0 saturated heterocycles. The Morgan fingerprint density at radius 3 is 2.68 bits per heavy atom. The first kappa shape index (κ1) is 14.2. The summed E-state index contributed by atoms with van der Waals surface area (Å²) in [5.74, 6) is 0.763. The molecule has 1 aliphatic carbocycles. The maximum Gasteiger partial charge on any atom is 0.152 e. The molecule has 0 aromatic heterocycles. The minimum atomic E-state index is -3.00. The Morgan fingerprint density at radius 1 is 1.32 bits per heavy atom. The van der Waals surface area contributed by atoms with Crippen molar-refractivity contribution < 1.29 is 13.2 Å². The highest BCUT2D eigenvalue weighted by Crippen LogP contribution is 2.32. The van der Waals surface area contributed by atoms with Crippen molar-refractivity contribution >= 4 is 15.5 Å². The van der Waals surface area contributed by atoms with Gasteiger partial charge in [-0.3, -0.25) is 0 Å². The summed E-state index contributed by atoms with van der Waals surface area (Å²) in [7, 11) is -1.38. The van der Waals surface area contributed by atoms with Gasteiger partial charge in [-0.15, -0.1) is 0 Å². The number of hydrogen-bond acceptors (Lipinski definition) is 4. The molecule has 0 spiro atoms. The molecule has 0 bridgehead atoms. The monoisotopic (exact) mass is 283 g/mol. The molecular formula is C14H21NO3S. The van der Waals surface area contributed by atoms with E-state index in [1.54, 1.807) is 7.11 Å². The van der Waals surface area contributed by atoms with Crippen molar-refractivity contribution in [3.05, 3.63) is 23.8 Å². The third kappa shape index (κ3) is 3.21. The van der Waals surface area contributed by atoms with Crippen LogP contribution in [0, 0.1) is 6.92 Å². The summed E-state index contributed by atoms with van der Waals surface area (Å²) in [5.41, 5.74) is 1.99. The van der Waals surface area contributed by atoms with Crippen molar-refractivity contribution in [2.75, 3.05) is 18.7 Å². The fraction of sp³-hybridized carbons (Fsp3) is 0.571. The summed E-state index contributed by atoms with van der Waals surface area (Å²) in [5, 5.41) is 3.05. The molecule has 2 unspecified atom stereocenters. The van der Waals surface area contributed by atoms with E-state index in [2.05, 4.69) is 5.32 Å². The largest absolute Gasteiger partial charge is 0.495 e. The number of rotatable bonds is 4. The SMILES string of the molecule is COc1cc(C)ccc1NC1CCCC1S(C)(=O)=O. The van der Waals surface area contributed by atoms with E-state index >= 15 is 0 Å². The maximum absolute atomic E-state index is 11.8. The summed E-state index contributed by atoms with van der Waals surface area (Å²) >= 11 is 0. The Kier molecular flexibility index (Phi) is 4.04. The first-order valence-corrected chi connectivity index (χ1v) is 8.47. The van der Waals surface area contributed by atoms with Gasteiger partial charge in [0.1, 0.15) is 5.75 Å². The lowest BCUT2D eigenvalue weighted by Gasteiger charge is -2.22. The maximum atomic E-state index is 11.8. The minimum Gasteiger partial charge on any atom is -0.495 e. The summed E-state index contributed by atoms with van der Waals surface area (Å²) in [6.45, 7) is 2.00. The Morgan fingerprint density at radius 2 is 2.05 bits per heavy atom. The van der Waals surface area contributed by atoms with E-state index < -0.39 is 9.84 Å². The average molecular weight is 283 g/mol. The molecule has 0 amide bonds. The van der Waals surface area contributed by atoms with Gasteiger partial charge in [0, 0.05) is 12.3 Å². The second kappa shape index (κ2) is 5.41. The van der Waals surface area contributed by atoms with Gasteiger partial charge in [-0.25, -0.2) is 8.42 Å². The molecule has 0 heterocycles. The summed E-state index contributed by atoms with van der Waals surface area (Å²) < 4.78 is 28.9. The van der Waals surface area contributed by atoms with Crippen molar-refractivity contribution in [2.24, 2.45) is 0 Å². The highest BCUT2D eigenvalue weighted by molar-refractivity contribution is 7.91. The Bertz CT molecular complexity index is 554. The van der Waals surface area contributed by atoms with Gasteiger partial charge in [-0.1, -0.05) is 6.07 Å². The molecule has 19 heavy (non-hydrogen) atoms. The molecule has 5 heteroatoms. The molecular weight excluding hydrogens is 262 g/mol. The van der Waals surface area contributed by atoms with Gasteiger partial charge >= 0.3 is 0 Å². The normalized spacial score (nSPS) is 23.3. The van der Waals surface area contributed by atoms with Crippen LogP contribution in [-0.4, -0.2) is 33.1 Å². The molecule has 1 aromatic carbocycles. The van der Waals surface area contributed by atoms with Crippen LogP contribution in [0.2, 0.25) is 0 Å². The molecule has 0 aliphatic heterocycles. The molecule has 4 nitrogen and oxygen atoms in total. The predicted molar refractivity (Wildman–Crippen MR) is 77.6 cm³/mol. The lowest BCUT2D eigenvalue weighted by Crippen LogP contribution is -2.34. The highest BCUT2D eigenvalue weighted by atomic mass is 32.2. The van der Waals surface area contributed by atoms with E-state index in [1.807, 2.05) is 25.1 Å². The van der Waals surface area contributed by atoms with Crippen LogP contribution in [0.4, 0.5) is 5.69 Å². The third-order valence-electron chi connectivity index (χ3n) is 3.70. The van der Waals surface area contributed by atoms with Gasteiger partial charge in [-0.05, 0) is 43.9 Å². The molecule has 2 rings (SSSR count). The number of benzene rings is 1. The molecule has 1 N–H and O–H groups in total. The fourth-order valence-corrected chi connectivity index (χ4v) is 4.12. The minimum absolute atomic E-state index is 0.0217. The van der Waals surface area contributed by atoms with Gasteiger partial charge < -0.3 is 10.1 Å². The van der Waals surface area contributed by atoms with E-state index in [-0.39, 0.29) is 11.3 Å². The van der Waals surface area contributed by atoms with Crippen LogP contribution in [0.25, 0.3) is 0 Å². The van der Waals surface area contributed by atoms with Gasteiger partial charge in [0.25, 0.3) is 0 Å². The van der Waals surface area contributed by atoms with E-state index in [0.717, 1.165) is 36.3 Å². The topological polar surface area (TPSA) is 55.4 Å². The lowest BCUT2D eigenvalue weighted by atomic mass is 10.1. The van der Waals surface area contributed by atoms with Crippen LogP contribution in [0.3, 0.4) is 0 Å². The highest BCUT2D eigenvalue weighted by Gasteiger charge is 2.35. The second-order valence-corrected chi connectivity index (χ2v) is 7.52. The van der Waals surface area contributed by atoms with Gasteiger partial charge in [-0.2, -0.15) is 0 Å². The van der Waals surface area contributed by atoms with Gasteiger partial charge in [0.15, 0.2) is 9.84 Å². The average Bonchev–Trinajstić information content (AvgIpc) is 2.79. The van der Waals surface area contributed by atoms with Crippen LogP contribution in [0.1, 0.15) is 24.8 Å². The zero-order valence-electron chi connectivity index (χ0n) is 11.6. The van der Waals surface area contributed by atoms with Crippen LogP contribution >= 0.6 is 0 Å². The van der Waals surface area contributed by atoms with Gasteiger partial charge in [0.2, 0.25) is 0 Å².